The molecule has 1 saturated heterocycles. The van der Waals surface area contributed by atoms with Gasteiger partial charge in [0, 0.05) is 17.3 Å². The minimum absolute atomic E-state index is 0.260. The van der Waals surface area contributed by atoms with Crippen molar-refractivity contribution in [1.82, 2.24) is 0 Å². The average Bonchev–Trinajstić information content (AvgIpc) is 2.92. The number of halogens is 2. The van der Waals surface area contributed by atoms with E-state index in [-0.39, 0.29) is 5.41 Å². The third-order valence-corrected chi connectivity index (χ3v) is 6.05. The summed E-state index contributed by atoms with van der Waals surface area (Å²) in [6.45, 7) is 0.941. The first-order valence-electron chi connectivity index (χ1n) is 6.55. The van der Waals surface area contributed by atoms with Gasteiger partial charge in [-0.1, -0.05) is 62.2 Å². The predicted molar refractivity (Wildman–Crippen MR) is 83.8 cm³/mol. The first-order chi connectivity index (χ1) is 8.78. The van der Waals surface area contributed by atoms with Crippen LogP contribution in [-0.4, -0.2) is 23.4 Å². The van der Waals surface area contributed by atoms with Gasteiger partial charge in [0.25, 0.3) is 0 Å². The van der Waals surface area contributed by atoms with E-state index in [0.717, 1.165) is 30.1 Å². The van der Waals surface area contributed by atoms with E-state index in [1.165, 1.54) is 18.4 Å². The Morgan fingerprint density at radius 2 is 1.89 bits per heavy atom. The maximum absolute atomic E-state index is 5.81. The van der Waals surface area contributed by atoms with Crippen LogP contribution in [0.3, 0.4) is 0 Å². The number of ether oxygens (including phenoxy) is 1. The highest BCUT2D eigenvalue weighted by Gasteiger charge is 2.33. The van der Waals surface area contributed by atoms with Crippen molar-refractivity contribution in [2.75, 3.05) is 17.3 Å². The first-order valence-corrected chi connectivity index (χ1v) is 8.80. The molecule has 1 heterocycles. The van der Waals surface area contributed by atoms with Crippen molar-refractivity contribution in [2.24, 2.45) is 5.41 Å². The van der Waals surface area contributed by atoms with Crippen molar-refractivity contribution < 1.29 is 4.74 Å². The maximum Gasteiger partial charge on any atom is 0.0582 e. The molecule has 0 amide bonds. The van der Waals surface area contributed by atoms with E-state index in [0.29, 0.717) is 6.10 Å². The van der Waals surface area contributed by atoms with Crippen LogP contribution in [0.1, 0.15) is 24.8 Å². The average molecular weight is 376 g/mol. The van der Waals surface area contributed by atoms with Crippen molar-refractivity contribution in [2.45, 2.75) is 31.8 Å². The van der Waals surface area contributed by atoms with Crippen molar-refractivity contribution in [3.8, 4) is 0 Å². The van der Waals surface area contributed by atoms with Gasteiger partial charge in [-0.3, -0.25) is 0 Å². The van der Waals surface area contributed by atoms with Crippen LogP contribution in [0.25, 0.3) is 0 Å². The van der Waals surface area contributed by atoms with Gasteiger partial charge in [-0.2, -0.15) is 0 Å². The summed E-state index contributed by atoms with van der Waals surface area (Å²) in [5.41, 5.74) is 1.67. The normalized spacial score (nSPS) is 20.2. The Kier molecular flexibility index (Phi) is 5.71. The van der Waals surface area contributed by atoms with E-state index in [1.807, 2.05) is 0 Å². The second-order valence-electron chi connectivity index (χ2n) is 5.27. The lowest BCUT2D eigenvalue weighted by Gasteiger charge is -2.32. The van der Waals surface area contributed by atoms with Gasteiger partial charge >= 0.3 is 0 Å². The fraction of sp³-hybridized carbons (Fsp3) is 0.600. The summed E-state index contributed by atoms with van der Waals surface area (Å²) < 4.78 is 5.81. The van der Waals surface area contributed by atoms with Crippen molar-refractivity contribution >= 4 is 31.9 Å². The zero-order chi connectivity index (χ0) is 12.8. The summed E-state index contributed by atoms with van der Waals surface area (Å²) in [5, 5.41) is 2.03. The molecule has 0 aromatic heterocycles. The second kappa shape index (κ2) is 7.06. The Labute approximate surface area is 127 Å². The summed E-state index contributed by atoms with van der Waals surface area (Å²) in [6.07, 6.45) is 5.12. The molecule has 100 valence electrons. The highest BCUT2D eigenvalue weighted by atomic mass is 79.9. The van der Waals surface area contributed by atoms with Gasteiger partial charge in [0.2, 0.25) is 0 Å². The van der Waals surface area contributed by atoms with Crippen LogP contribution in [0.2, 0.25) is 0 Å². The Hall–Kier alpha value is 0.140. The molecular weight excluding hydrogens is 356 g/mol. The van der Waals surface area contributed by atoms with E-state index in [4.69, 9.17) is 4.74 Å². The molecule has 3 heteroatoms. The maximum atomic E-state index is 5.81. The fourth-order valence-corrected chi connectivity index (χ4v) is 4.41. The molecule has 1 aliphatic heterocycles. The van der Waals surface area contributed by atoms with Gasteiger partial charge in [-0.15, -0.1) is 0 Å². The number of benzene rings is 1. The third-order valence-electron chi connectivity index (χ3n) is 3.67. The zero-order valence-electron chi connectivity index (χ0n) is 10.6. The Morgan fingerprint density at radius 1 is 1.17 bits per heavy atom. The number of hydrogen-bond donors (Lipinski definition) is 0. The lowest BCUT2D eigenvalue weighted by atomic mass is 9.80. The van der Waals surface area contributed by atoms with Gasteiger partial charge in [0.1, 0.15) is 0 Å². The molecule has 2 rings (SSSR count). The van der Waals surface area contributed by atoms with Crippen LogP contribution in [0.5, 0.6) is 0 Å². The van der Waals surface area contributed by atoms with E-state index in [9.17, 15) is 0 Å². The minimum atomic E-state index is 0.260. The molecule has 0 bridgehead atoms. The molecule has 0 saturated carbocycles. The van der Waals surface area contributed by atoms with Crippen LogP contribution in [0, 0.1) is 5.41 Å². The standard InChI is InChI=1S/C15H20Br2O/c16-11-15(12-17,10-14-7-4-8-18-14)9-13-5-2-1-3-6-13/h1-3,5-6,14H,4,7-12H2. The van der Waals surface area contributed by atoms with Gasteiger partial charge in [0.15, 0.2) is 0 Å². The van der Waals surface area contributed by atoms with E-state index in [1.54, 1.807) is 0 Å². The Morgan fingerprint density at radius 3 is 2.44 bits per heavy atom. The highest BCUT2D eigenvalue weighted by Crippen LogP contribution is 2.36. The Balaban J connectivity index is 2.05. The van der Waals surface area contributed by atoms with Crippen LogP contribution in [-0.2, 0) is 11.2 Å². The summed E-state index contributed by atoms with van der Waals surface area (Å²) in [6, 6.07) is 10.8. The van der Waals surface area contributed by atoms with E-state index < -0.39 is 0 Å². The number of hydrogen-bond acceptors (Lipinski definition) is 1. The molecule has 18 heavy (non-hydrogen) atoms. The molecule has 1 nitrogen and oxygen atoms in total. The molecule has 1 fully saturated rings. The van der Waals surface area contributed by atoms with Gasteiger partial charge in [-0.05, 0) is 36.7 Å². The Bertz CT molecular complexity index is 343. The number of alkyl halides is 2. The van der Waals surface area contributed by atoms with Crippen LogP contribution >= 0.6 is 31.9 Å². The van der Waals surface area contributed by atoms with Crippen molar-refractivity contribution in [1.29, 1.82) is 0 Å². The summed E-state index contributed by atoms with van der Waals surface area (Å²) in [4.78, 5) is 0. The molecular formula is C15H20Br2O. The van der Waals surface area contributed by atoms with Crippen LogP contribution in [0.4, 0.5) is 0 Å². The largest absolute Gasteiger partial charge is 0.378 e. The van der Waals surface area contributed by atoms with Crippen LogP contribution in [0.15, 0.2) is 30.3 Å². The topological polar surface area (TPSA) is 9.23 Å². The second-order valence-corrected chi connectivity index (χ2v) is 6.39. The third kappa shape index (κ3) is 3.82. The predicted octanol–water partition coefficient (Wildman–Crippen LogP) is 4.57. The van der Waals surface area contributed by atoms with Gasteiger partial charge in [0.05, 0.1) is 6.10 Å². The zero-order valence-corrected chi connectivity index (χ0v) is 13.8. The molecule has 0 aliphatic carbocycles. The SMILES string of the molecule is BrCC(CBr)(Cc1ccccc1)CC1CCCO1. The smallest absolute Gasteiger partial charge is 0.0582 e. The molecule has 0 radical (unpaired) electrons. The van der Waals surface area contributed by atoms with E-state index in [2.05, 4.69) is 62.2 Å². The lowest BCUT2D eigenvalue weighted by molar-refractivity contribution is 0.0746. The lowest BCUT2D eigenvalue weighted by Crippen LogP contribution is -2.32. The monoisotopic (exact) mass is 374 g/mol. The summed E-state index contributed by atoms with van der Waals surface area (Å²) in [5.74, 6) is 0. The van der Waals surface area contributed by atoms with Crippen molar-refractivity contribution in [3.05, 3.63) is 35.9 Å². The molecule has 1 unspecified atom stereocenters. The van der Waals surface area contributed by atoms with E-state index >= 15 is 0 Å². The van der Waals surface area contributed by atoms with Crippen LogP contribution < -0.4 is 0 Å². The molecule has 0 spiro atoms. The summed E-state index contributed by atoms with van der Waals surface area (Å²) >= 11 is 7.42. The minimum Gasteiger partial charge on any atom is -0.378 e. The molecule has 1 aromatic rings. The summed E-state index contributed by atoms with van der Waals surface area (Å²) in [7, 11) is 0. The fourth-order valence-electron chi connectivity index (χ4n) is 2.63. The molecule has 0 N–H and O–H groups in total. The quantitative estimate of drug-likeness (QED) is 0.661. The first kappa shape index (κ1) is 14.5. The molecule has 1 atom stereocenters. The molecule has 1 aliphatic rings. The van der Waals surface area contributed by atoms with Gasteiger partial charge < -0.3 is 4.74 Å². The van der Waals surface area contributed by atoms with Gasteiger partial charge in [-0.25, -0.2) is 0 Å². The molecule has 1 aromatic carbocycles. The number of rotatable bonds is 6. The van der Waals surface area contributed by atoms with Crippen molar-refractivity contribution in [3.63, 3.8) is 0 Å². The highest BCUT2D eigenvalue weighted by molar-refractivity contribution is 9.09.